The predicted octanol–water partition coefficient (Wildman–Crippen LogP) is 5.65. The zero-order valence-corrected chi connectivity index (χ0v) is 14.1. The summed E-state index contributed by atoms with van der Waals surface area (Å²) in [6.45, 7) is 5.25. The van der Waals surface area contributed by atoms with Gasteiger partial charge < -0.3 is 5.32 Å². The Balaban J connectivity index is 2.09. The Kier molecular flexibility index (Phi) is 5.46. The van der Waals surface area contributed by atoms with E-state index in [1.54, 1.807) is 11.3 Å². The van der Waals surface area contributed by atoms with Gasteiger partial charge in [0.1, 0.15) is 0 Å². The molecule has 4 heteroatoms. The van der Waals surface area contributed by atoms with Crippen molar-refractivity contribution in [2.24, 2.45) is 5.92 Å². The van der Waals surface area contributed by atoms with Crippen molar-refractivity contribution in [2.45, 2.75) is 26.4 Å². The fraction of sp³-hybridized carbons (Fsp3) is 0.333. The van der Waals surface area contributed by atoms with Crippen LogP contribution in [-0.2, 0) is 6.54 Å². The summed E-state index contributed by atoms with van der Waals surface area (Å²) >= 11 is 11.5. The minimum Gasteiger partial charge on any atom is -0.305 e. The number of halogens is 2. The largest absolute Gasteiger partial charge is 0.305 e. The van der Waals surface area contributed by atoms with Crippen molar-refractivity contribution in [3.63, 3.8) is 0 Å². The number of nitrogens with one attached hydrogen (secondary N) is 1. The third kappa shape index (κ3) is 4.06. The summed E-state index contributed by atoms with van der Waals surface area (Å²) in [5.41, 5.74) is 1.12. The molecule has 1 aromatic heterocycles. The minimum absolute atomic E-state index is 0.370. The molecule has 1 atom stereocenters. The third-order valence-corrected chi connectivity index (χ3v) is 4.85. The highest BCUT2D eigenvalue weighted by atomic mass is 79.9. The predicted molar refractivity (Wildman–Crippen MR) is 87.9 cm³/mol. The van der Waals surface area contributed by atoms with Gasteiger partial charge in [-0.1, -0.05) is 47.4 Å². The summed E-state index contributed by atoms with van der Waals surface area (Å²) in [5.74, 6) is 0.546. The van der Waals surface area contributed by atoms with Gasteiger partial charge in [-0.15, -0.1) is 11.3 Å². The first kappa shape index (κ1) is 15.0. The molecule has 1 N–H and O–H groups in total. The van der Waals surface area contributed by atoms with Crippen LogP contribution in [0.3, 0.4) is 0 Å². The van der Waals surface area contributed by atoms with E-state index in [1.807, 2.05) is 12.1 Å². The van der Waals surface area contributed by atoms with Crippen LogP contribution in [0, 0.1) is 5.92 Å². The second-order valence-corrected chi connectivity index (χ2v) is 7.16. The number of hydrogen-bond donors (Lipinski definition) is 1. The minimum atomic E-state index is 0.370. The molecule has 1 unspecified atom stereocenters. The van der Waals surface area contributed by atoms with Crippen molar-refractivity contribution in [1.82, 2.24) is 5.32 Å². The van der Waals surface area contributed by atoms with Crippen molar-refractivity contribution in [2.75, 3.05) is 0 Å². The van der Waals surface area contributed by atoms with Crippen LogP contribution in [0.4, 0.5) is 0 Å². The molecule has 0 bridgehead atoms. The van der Waals surface area contributed by atoms with E-state index in [2.05, 4.69) is 58.7 Å². The third-order valence-electron chi connectivity index (χ3n) is 3.04. The van der Waals surface area contributed by atoms with E-state index in [0.29, 0.717) is 12.0 Å². The van der Waals surface area contributed by atoms with E-state index in [4.69, 9.17) is 11.6 Å². The number of benzene rings is 1. The van der Waals surface area contributed by atoms with Gasteiger partial charge in [-0.05, 0) is 41.1 Å². The molecule has 102 valence electrons. The number of thiophene rings is 1. The van der Waals surface area contributed by atoms with Crippen LogP contribution in [0.1, 0.15) is 30.3 Å². The summed E-state index contributed by atoms with van der Waals surface area (Å²) in [5, 5.41) is 6.54. The lowest BCUT2D eigenvalue weighted by atomic mass is 10.0. The molecule has 0 spiro atoms. The molecule has 2 aromatic rings. The van der Waals surface area contributed by atoms with E-state index in [0.717, 1.165) is 21.6 Å². The highest BCUT2D eigenvalue weighted by Gasteiger charge is 2.16. The lowest BCUT2D eigenvalue weighted by Crippen LogP contribution is -2.24. The van der Waals surface area contributed by atoms with Gasteiger partial charge in [-0.3, -0.25) is 0 Å². The van der Waals surface area contributed by atoms with Gasteiger partial charge in [0.25, 0.3) is 0 Å². The fourth-order valence-electron chi connectivity index (χ4n) is 2.03. The average molecular weight is 359 g/mol. The zero-order valence-electron chi connectivity index (χ0n) is 11.0. The Morgan fingerprint density at radius 2 is 2.11 bits per heavy atom. The van der Waals surface area contributed by atoms with Crippen molar-refractivity contribution < 1.29 is 0 Å². The second kappa shape index (κ2) is 6.89. The summed E-state index contributed by atoms with van der Waals surface area (Å²) in [4.78, 5) is 1.38. The van der Waals surface area contributed by atoms with Gasteiger partial charge in [0.15, 0.2) is 0 Å². The van der Waals surface area contributed by atoms with Gasteiger partial charge in [-0.25, -0.2) is 0 Å². The summed E-state index contributed by atoms with van der Waals surface area (Å²) in [6.07, 6.45) is 0. The highest BCUT2D eigenvalue weighted by molar-refractivity contribution is 9.10. The molecule has 1 aromatic carbocycles. The first-order valence-electron chi connectivity index (χ1n) is 6.28. The quantitative estimate of drug-likeness (QED) is 0.728. The first-order valence-corrected chi connectivity index (χ1v) is 8.33. The van der Waals surface area contributed by atoms with E-state index in [1.165, 1.54) is 4.88 Å². The fourth-order valence-corrected chi connectivity index (χ4v) is 3.60. The maximum atomic E-state index is 6.23. The number of rotatable bonds is 5. The smallest absolute Gasteiger partial charge is 0.0451 e. The van der Waals surface area contributed by atoms with Crippen LogP contribution in [0.5, 0.6) is 0 Å². The topological polar surface area (TPSA) is 12.0 Å². The van der Waals surface area contributed by atoms with Crippen molar-refractivity contribution in [1.29, 1.82) is 0 Å². The molecular formula is C15H17BrClNS. The van der Waals surface area contributed by atoms with Crippen molar-refractivity contribution in [3.05, 3.63) is 55.6 Å². The molecule has 0 aliphatic rings. The van der Waals surface area contributed by atoms with Crippen LogP contribution in [0.2, 0.25) is 5.02 Å². The summed E-state index contributed by atoms with van der Waals surface area (Å²) in [6, 6.07) is 10.6. The second-order valence-electron chi connectivity index (χ2n) is 4.85. The van der Waals surface area contributed by atoms with Crippen LogP contribution < -0.4 is 5.32 Å². The number of hydrogen-bond acceptors (Lipinski definition) is 2. The zero-order chi connectivity index (χ0) is 13.8. The lowest BCUT2D eigenvalue weighted by Gasteiger charge is -2.21. The van der Waals surface area contributed by atoms with Gasteiger partial charge in [-0.2, -0.15) is 0 Å². The molecule has 0 aliphatic heterocycles. The SMILES string of the molecule is CC(C)C(NCc1cc(Br)ccc1Cl)c1cccs1. The molecule has 0 aliphatic carbocycles. The molecule has 19 heavy (non-hydrogen) atoms. The first-order chi connectivity index (χ1) is 9.08. The lowest BCUT2D eigenvalue weighted by molar-refractivity contribution is 0.416. The van der Waals surface area contributed by atoms with Crippen molar-refractivity contribution >= 4 is 38.9 Å². The Morgan fingerprint density at radius 1 is 1.32 bits per heavy atom. The van der Waals surface area contributed by atoms with E-state index in [-0.39, 0.29) is 0 Å². The van der Waals surface area contributed by atoms with Crippen LogP contribution >= 0.6 is 38.9 Å². The van der Waals surface area contributed by atoms with Crippen LogP contribution in [0.15, 0.2) is 40.2 Å². The van der Waals surface area contributed by atoms with Gasteiger partial charge in [0, 0.05) is 27.0 Å². The van der Waals surface area contributed by atoms with Gasteiger partial charge in [0.05, 0.1) is 0 Å². The van der Waals surface area contributed by atoms with E-state index in [9.17, 15) is 0 Å². The molecule has 0 fully saturated rings. The normalized spacial score (nSPS) is 12.9. The Hall–Kier alpha value is -0.350. The van der Waals surface area contributed by atoms with Gasteiger partial charge >= 0.3 is 0 Å². The maximum Gasteiger partial charge on any atom is 0.0451 e. The average Bonchev–Trinajstić information content (AvgIpc) is 2.87. The molecule has 0 saturated heterocycles. The molecule has 1 nitrogen and oxygen atoms in total. The Morgan fingerprint density at radius 3 is 2.74 bits per heavy atom. The molecule has 0 saturated carbocycles. The van der Waals surface area contributed by atoms with Crippen LogP contribution in [-0.4, -0.2) is 0 Å². The highest BCUT2D eigenvalue weighted by Crippen LogP contribution is 2.27. The summed E-state index contributed by atoms with van der Waals surface area (Å²) in [7, 11) is 0. The molecule has 2 rings (SSSR count). The molecular weight excluding hydrogens is 342 g/mol. The Bertz CT molecular complexity index is 525. The summed E-state index contributed by atoms with van der Waals surface area (Å²) < 4.78 is 1.06. The van der Waals surface area contributed by atoms with E-state index >= 15 is 0 Å². The monoisotopic (exact) mass is 357 g/mol. The maximum absolute atomic E-state index is 6.23. The molecule has 1 heterocycles. The van der Waals surface area contributed by atoms with Gasteiger partial charge in [0.2, 0.25) is 0 Å². The molecule has 0 amide bonds. The van der Waals surface area contributed by atoms with E-state index < -0.39 is 0 Å². The standard InChI is InChI=1S/C15H17BrClNS/c1-10(2)15(14-4-3-7-19-14)18-9-11-8-12(16)5-6-13(11)17/h3-8,10,15,18H,9H2,1-2H3. The van der Waals surface area contributed by atoms with Crippen LogP contribution in [0.25, 0.3) is 0 Å². The molecule has 0 radical (unpaired) electrons. The van der Waals surface area contributed by atoms with Crippen molar-refractivity contribution in [3.8, 4) is 0 Å². The Labute approximate surface area is 132 Å².